The molecule has 0 saturated heterocycles. The maximum atomic E-state index is 12.2. The number of aliphatic carboxylic acids is 1. The van der Waals surface area contributed by atoms with Crippen LogP contribution in [0.4, 0.5) is 11.6 Å². The summed E-state index contributed by atoms with van der Waals surface area (Å²) in [4.78, 5) is 42.1. The lowest BCUT2D eigenvalue weighted by Gasteiger charge is -2.42. The summed E-state index contributed by atoms with van der Waals surface area (Å²) in [6.45, 7) is 2.59. The third-order valence-electron chi connectivity index (χ3n) is 4.61. The van der Waals surface area contributed by atoms with Gasteiger partial charge in [0.2, 0.25) is 5.95 Å². The molecule has 1 saturated carbocycles. The zero-order valence-corrected chi connectivity index (χ0v) is 14.1. The second-order valence-corrected chi connectivity index (χ2v) is 6.30. The Labute approximate surface area is 148 Å². The van der Waals surface area contributed by atoms with Gasteiger partial charge in [-0.1, -0.05) is 6.92 Å². The third-order valence-corrected chi connectivity index (χ3v) is 4.61. The van der Waals surface area contributed by atoms with Gasteiger partial charge in [-0.25, -0.2) is 4.98 Å². The van der Waals surface area contributed by atoms with E-state index in [0.29, 0.717) is 18.0 Å². The van der Waals surface area contributed by atoms with E-state index in [2.05, 4.69) is 15.3 Å². The average Bonchev–Trinajstić information content (AvgIpc) is 2.55. The molecule has 2 aromatic rings. The molecule has 1 aliphatic rings. The molecule has 3 N–H and O–H groups in total. The average molecular weight is 361 g/mol. The number of fused-ring (bicyclic) bond motifs is 1. The van der Waals surface area contributed by atoms with Gasteiger partial charge in [0, 0.05) is 24.2 Å². The molecule has 0 bridgehead atoms. The Morgan fingerprint density at radius 1 is 1.50 bits per heavy atom. The summed E-state index contributed by atoms with van der Waals surface area (Å²) in [5.74, 6) is -0.543. The largest absolute Gasteiger partial charge is 0.480 e. The highest BCUT2D eigenvalue weighted by atomic mass is 16.6. The van der Waals surface area contributed by atoms with Crippen LogP contribution in [-0.2, 0) is 4.79 Å². The first kappa shape index (κ1) is 17.8. The maximum Gasteiger partial charge on any atom is 0.317 e. The number of likely N-dealkylation sites (N-methyl/N-ethyl adjacent to an activating group) is 1. The lowest BCUT2D eigenvalue weighted by atomic mass is 9.85. The lowest BCUT2D eigenvalue weighted by Crippen LogP contribution is -2.51. The van der Waals surface area contributed by atoms with Crippen LogP contribution in [0.15, 0.2) is 23.0 Å². The van der Waals surface area contributed by atoms with Crippen molar-refractivity contribution in [1.82, 2.24) is 14.9 Å². The van der Waals surface area contributed by atoms with Gasteiger partial charge < -0.3 is 10.4 Å². The second-order valence-electron chi connectivity index (χ2n) is 6.30. The number of rotatable bonds is 7. The van der Waals surface area contributed by atoms with Gasteiger partial charge in [-0.3, -0.25) is 29.6 Å². The molecule has 10 heteroatoms. The number of hydrogen-bond acceptors (Lipinski definition) is 7. The minimum Gasteiger partial charge on any atom is -0.480 e. The SMILES string of the molecule is CCN(CC(=O)O)C1CC(Nc2nc3ccc([N+](=O)[O-])cc3c(=O)[nH]2)C1. The Morgan fingerprint density at radius 2 is 2.23 bits per heavy atom. The summed E-state index contributed by atoms with van der Waals surface area (Å²) in [6, 6.07) is 4.23. The Morgan fingerprint density at radius 3 is 2.85 bits per heavy atom. The Kier molecular flexibility index (Phi) is 4.85. The van der Waals surface area contributed by atoms with E-state index in [1.165, 1.54) is 18.2 Å². The molecule has 1 heterocycles. The second kappa shape index (κ2) is 7.08. The van der Waals surface area contributed by atoms with Crippen molar-refractivity contribution < 1.29 is 14.8 Å². The number of anilines is 1. The quantitative estimate of drug-likeness (QED) is 0.493. The molecule has 1 aromatic heterocycles. The number of aromatic amines is 1. The number of H-pyrrole nitrogens is 1. The van der Waals surface area contributed by atoms with E-state index >= 15 is 0 Å². The minimum absolute atomic E-state index is 0.0116. The number of nitro benzene ring substituents is 1. The summed E-state index contributed by atoms with van der Waals surface area (Å²) in [5, 5.41) is 23.0. The number of carbonyl (C=O) groups is 1. The van der Waals surface area contributed by atoms with Crippen LogP contribution < -0.4 is 10.9 Å². The first-order valence-corrected chi connectivity index (χ1v) is 8.28. The summed E-state index contributed by atoms with van der Waals surface area (Å²) < 4.78 is 0. The van der Waals surface area contributed by atoms with E-state index in [0.717, 1.165) is 12.8 Å². The van der Waals surface area contributed by atoms with E-state index in [1.54, 1.807) is 0 Å². The summed E-state index contributed by atoms with van der Waals surface area (Å²) in [6.07, 6.45) is 1.51. The van der Waals surface area contributed by atoms with E-state index in [1.807, 2.05) is 11.8 Å². The van der Waals surface area contributed by atoms with Gasteiger partial charge in [0.25, 0.3) is 11.2 Å². The molecule has 26 heavy (non-hydrogen) atoms. The molecule has 0 spiro atoms. The number of nitrogens with zero attached hydrogens (tertiary/aromatic N) is 3. The molecule has 1 aromatic carbocycles. The van der Waals surface area contributed by atoms with Crippen molar-refractivity contribution in [2.75, 3.05) is 18.4 Å². The first-order valence-electron chi connectivity index (χ1n) is 8.28. The number of hydrogen-bond donors (Lipinski definition) is 3. The number of non-ortho nitro benzene ring substituents is 1. The van der Waals surface area contributed by atoms with E-state index in [-0.39, 0.29) is 29.7 Å². The molecule has 0 aliphatic heterocycles. The fourth-order valence-corrected chi connectivity index (χ4v) is 3.18. The van der Waals surface area contributed by atoms with Crippen molar-refractivity contribution in [3.63, 3.8) is 0 Å². The van der Waals surface area contributed by atoms with Crippen LogP contribution >= 0.6 is 0 Å². The zero-order chi connectivity index (χ0) is 18.8. The van der Waals surface area contributed by atoms with Crippen LogP contribution in [-0.4, -0.2) is 56.0 Å². The Balaban J connectivity index is 1.69. The van der Waals surface area contributed by atoms with Crippen LogP contribution in [0.2, 0.25) is 0 Å². The van der Waals surface area contributed by atoms with Crippen LogP contribution in [0, 0.1) is 10.1 Å². The van der Waals surface area contributed by atoms with Crippen molar-refractivity contribution >= 4 is 28.5 Å². The third kappa shape index (κ3) is 3.64. The van der Waals surface area contributed by atoms with Crippen LogP contribution in [0.3, 0.4) is 0 Å². The normalized spacial score (nSPS) is 19.3. The number of carboxylic acids is 1. The van der Waals surface area contributed by atoms with Gasteiger partial charge in [0.15, 0.2) is 0 Å². The zero-order valence-electron chi connectivity index (χ0n) is 14.1. The van der Waals surface area contributed by atoms with Gasteiger partial charge in [-0.2, -0.15) is 0 Å². The van der Waals surface area contributed by atoms with Gasteiger partial charge >= 0.3 is 5.97 Å². The van der Waals surface area contributed by atoms with Crippen molar-refractivity contribution in [2.24, 2.45) is 0 Å². The number of aromatic nitrogens is 2. The fourth-order valence-electron chi connectivity index (χ4n) is 3.18. The minimum atomic E-state index is -0.849. The van der Waals surface area contributed by atoms with Crippen molar-refractivity contribution in [1.29, 1.82) is 0 Å². The molecule has 138 valence electrons. The molecule has 3 rings (SSSR count). The molecular formula is C16H19N5O5. The van der Waals surface area contributed by atoms with Gasteiger partial charge in [-0.15, -0.1) is 0 Å². The molecule has 1 aliphatic carbocycles. The fraction of sp³-hybridized carbons (Fsp3) is 0.438. The predicted molar refractivity (Wildman–Crippen MR) is 94.3 cm³/mol. The highest BCUT2D eigenvalue weighted by Crippen LogP contribution is 2.28. The topological polar surface area (TPSA) is 141 Å². The Hall–Kier alpha value is -3.01. The Bertz CT molecular complexity index is 906. The van der Waals surface area contributed by atoms with Gasteiger partial charge in [-0.05, 0) is 25.5 Å². The smallest absolute Gasteiger partial charge is 0.317 e. The molecule has 0 atom stereocenters. The molecule has 10 nitrogen and oxygen atoms in total. The number of nitrogens with one attached hydrogen (secondary N) is 2. The number of benzene rings is 1. The van der Waals surface area contributed by atoms with Crippen molar-refractivity contribution in [2.45, 2.75) is 31.8 Å². The van der Waals surface area contributed by atoms with Crippen LogP contribution in [0.25, 0.3) is 10.9 Å². The highest BCUT2D eigenvalue weighted by molar-refractivity contribution is 5.81. The first-order chi connectivity index (χ1) is 12.4. The van der Waals surface area contributed by atoms with Gasteiger partial charge in [0.05, 0.1) is 22.4 Å². The van der Waals surface area contributed by atoms with E-state index in [4.69, 9.17) is 5.11 Å². The number of carboxylic acid groups (broad SMARTS) is 1. The van der Waals surface area contributed by atoms with E-state index < -0.39 is 16.5 Å². The van der Waals surface area contributed by atoms with Crippen LogP contribution in [0.5, 0.6) is 0 Å². The van der Waals surface area contributed by atoms with Crippen LogP contribution in [0.1, 0.15) is 19.8 Å². The van der Waals surface area contributed by atoms with Crippen molar-refractivity contribution in [3.8, 4) is 0 Å². The molecule has 0 amide bonds. The molecule has 0 radical (unpaired) electrons. The summed E-state index contributed by atoms with van der Waals surface area (Å²) in [5.41, 5.74) is -0.234. The van der Waals surface area contributed by atoms with E-state index in [9.17, 15) is 19.7 Å². The standard InChI is InChI=1S/C16H19N5O5/c1-2-20(8-14(22)23)11-5-9(6-11)17-16-18-13-4-3-10(21(25)26)7-12(13)15(24)19-16/h3-4,7,9,11H,2,5-6,8H2,1H3,(H,22,23)(H2,17,18,19,24). The summed E-state index contributed by atoms with van der Waals surface area (Å²) in [7, 11) is 0. The predicted octanol–water partition coefficient (Wildman–Crippen LogP) is 1.18. The monoisotopic (exact) mass is 361 g/mol. The highest BCUT2D eigenvalue weighted by Gasteiger charge is 2.34. The molecule has 0 unspecified atom stereocenters. The maximum absolute atomic E-state index is 12.2. The summed E-state index contributed by atoms with van der Waals surface area (Å²) >= 11 is 0. The molecule has 1 fully saturated rings. The van der Waals surface area contributed by atoms with Crippen molar-refractivity contribution in [3.05, 3.63) is 38.7 Å². The molecular weight excluding hydrogens is 342 g/mol. The number of nitro groups is 1. The van der Waals surface area contributed by atoms with Gasteiger partial charge in [0.1, 0.15) is 0 Å². The lowest BCUT2D eigenvalue weighted by molar-refractivity contribution is -0.384.